The monoisotopic (exact) mass is 212 g/mol. The van der Waals surface area contributed by atoms with Gasteiger partial charge in [0.25, 0.3) is 0 Å². The van der Waals surface area contributed by atoms with Gasteiger partial charge in [0.15, 0.2) is 0 Å². The topological polar surface area (TPSA) is 69.3 Å². The summed E-state index contributed by atoms with van der Waals surface area (Å²) in [6, 6.07) is 0. The zero-order valence-electron chi connectivity index (χ0n) is 8.81. The minimum atomic E-state index is -0.899. The normalized spacial score (nSPS) is 10.7. The van der Waals surface area contributed by atoms with Gasteiger partial charge in [0.2, 0.25) is 0 Å². The molecule has 0 amide bonds. The summed E-state index contributed by atoms with van der Waals surface area (Å²) in [6.45, 7) is 11.6. The first-order valence-electron chi connectivity index (χ1n) is 4.36. The number of hydrogen-bond acceptors (Lipinski definition) is 5. The molecule has 0 aliphatic rings. The van der Waals surface area contributed by atoms with E-state index in [0.29, 0.717) is 0 Å². The lowest BCUT2D eigenvalue weighted by Crippen LogP contribution is -2.16. The molecule has 0 fully saturated rings. The van der Waals surface area contributed by atoms with E-state index in [-0.39, 0.29) is 12.5 Å². The molecule has 0 aliphatic heterocycles. The molecule has 0 aromatic rings. The zero-order chi connectivity index (χ0) is 11.8. The number of nitrogens with zero attached hydrogens (tertiary/aromatic N) is 2. The summed E-state index contributed by atoms with van der Waals surface area (Å²) in [5.41, 5.74) is 0. The molecule has 0 spiro atoms. The Balaban J connectivity index is 4.43. The lowest BCUT2D eigenvalue weighted by Gasteiger charge is -1.98. The summed E-state index contributed by atoms with van der Waals surface area (Å²) >= 11 is 0. The minimum absolute atomic E-state index is 0.130. The standard InChI is InChI=1S/C9H12N2O4/c1-5-14-9(13)7(10-4)11-15-8(12)6(2)3/h6H,5H2,1-3H3/b11-7-. The molecule has 0 radical (unpaired) electrons. The van der Waals surface area contributed by atoms with Crippen molar-refractivity contribution >= 4 is 17.8 Å². The van der Waals surface area contributed by atoms with Crippen molar-refractivity contribution in [2.45, 2.75) is 20.8 Å². The third-order valence-electron chi connectivity index (χ3n) is 1.26. The molecule has 82 valence electrons. The molecule has 0 rings (SSSR count). The molecule has 0 heterocycles. The van der Waals surface area contributed by atoms with Gasteiger partial charge in [-0.05, 0) is 6.92 Å². The fraction of sp³-hybridized carbons (Fsp3) is 0.556. The van der Waals surface area contributed by atoms with Crippen molar-refractivity contribution in [3.63, 3.8) is 0 Å². The van der Waals surface area contributed by atoms with Crippen LogP contribution >= 0.6 is 0 Å². The Morgan fingerprint density at radius 3 is 2.47 bits per heavy atom. The summed E-state index contributed by atoms with van der Waals surface area (Å²) in [6.07, 6.45) is 0. The van der Waals surface area contributed by atoms with E-state index in [2.05, 4.69) is 19.6 Å². The third-order valence-corrected chi connectivity index (χ3v) is 1.26. The van der Waals surface area contributed by atoms with Gasteiger partial charge in [0.1, 0.15) is 0 Å². The van der Waals surface area contributed by atoms with Gasteiger partial charge in [-0.2, -0.15) is 0 Å². The molecule has 6 heteroatoms. The fourth-order valence-electron chi connectivity index (χ4n) is 0.493. The van der Waals surface area contributed by atoms with E-state index in [1.807, 2.05) is 0 Å². The SMILES string of the molecule is [C-]#[N+]/C(=N\OC(=O)C(C)C)C(=O)OCC. The molecule has 15 heavy (non-hydrogen) atoms. The molecule has 0 bridgehead atoms. The molecular formula is C9H12N2O4. The van der Waals surface area contributed by atoms with E-state index in [4.69, 9.17) is 6.57 Å². The van der Waals surface area contributed by atoms with Crippen LogP contribution in [0.3, 0.4) is 0 Å². The Hall–Kier alpha value is -1.90. The maximum Gasteiger partial charge on any atom is 0.399 e. The van der Waals surface area contributed by atoms with Gasteiger partial charge in [-0.25, -0.2) is 9.63 Å². The summed E-state index contributed by atoms with van der Waals surface area (Å²) in [7, 11) is 0. The van der Waals surface area contributed by atoms with E-state index in [0.717, 1.165) is 0 Å². The van der Waals surface area contributed by atoms with E-state index < -0.39 is 17.8 Å². The zero-order valence-corrected chi connectivity index (χ0v) is 8.81. The van der Waals surface area contributed by atoms with Gasteiger partial charge >= 0.3 is 17.8 Å². The van der Waals surface area contributed by atoms with Gasteiger partial charge in [-0.15, -0.1) is 0 Å². The summed E-state index contributed by atoms with van der Waals surface area (Å²) in [4.78, 5) is 29.1. The average Bonchev–Trinajstić information content (AvgIpc) is 2.18. The molecule has 0 aromatic carbocycles. The number of ether oxygens (including phenoxy) is 1. The number of amidine groups is 1. The highest BCUT2D eigenvalue weighted by atomic mass is 16.7. The van der Waals surface area contributed by atoms with Crippen LogP contribution in [0.4, 0.5) is 0 Å². The molecule has 0 unspecified atom stereocenters. The van der Waals surface area contributed by atoms with E-state index in [1.54, 1.807) is 20.8 Å². The molecule has 0 saturated heterocycles. The van der Waals surface area contributed by atoms with Crippen molar-refractivity contribution in [1.29, 1.82) is 0 Å². The van der Waals surface area contributed by atoms with Crippen LogP contribution in [0.1, 0.15) is 20.8 Å². The molecule has 0 atom stereocenters. The van der Waals surface area contributed by atoms with Gasteiger partial charge in [0.05, 0.1) is 17.7 Å². The predicted molar refractivity (Wildman–Crippen MR) is 51.6 cm³/mol. The van der Waals surface area contributed by atoms with Crippen molar-refractivity contribution in [3.05, 3.63) is 11.4 Å². The maximum absolute atomic E-state index is 11.0. The lowest BCUT2D eigenvalue weighted by molar-refractivity contribution is -0.147. The molecule has 0 aromatic heterocycles. The highest BCUT2D eigenvalue weighted by molar-refractivity contribution is 6.39. The largest absolute Gasteiger partial charge is 0.470 e. The van der Waals surface area contributed by atoms with Crippen LogP contribution in [0, 0.1) is 12.5 Å². The first kappa shape index (κ1) is 13.1. The van der Waals surface area contributed by atoms with Gasteiger partial charge in [0, 0.05) is 0 Å². The average molecular weight is 212 g/mol. The molecule has 0 saturated carbocycles. The smallest absolute Gasteiger partial charge is 0.399 e. The number of carbonyl (C=O) groups is 2. The Morgan fingerprint density at radius 1 is 1.47 bits per heavy atom. The van der Waals surface area contributed by atoms with Crippen molar-refractivity contribution in [2.24, 2.45) is 11.1 Å². The van der Waals surface area contributed by atoms with Crippen LogP contribution in [0.5, 0.6) is 0 Å². The van der Waals surface area contributed by atoms with E-state index >= 15 is 0 Å². The molecule has 6 nitrogen and oxygen atoms in total. The quantitative estimate of drug-likeness (QED) is 0.175. The van der Waals surface area contributed by atoms with Crippen LogP contribution in [-0.2, 0) is 19.2 Å². The van der Waals surface area contributed by atoms with Crippen LogP contribution < -0.4 is 0 Å². The Morgan fingerprint density at radius 2 is 2.07 bits per heavy atom. The minimum Gasteiger partial charge on any atom is -0.470 e. The van der Waals surface area contributed by atoms with Gasteiger partial charge < -0.3 is 9.58 Å². The van der Waals surface area contributed by atoms with Crippen molar-refractivity contribution < 1.29 is 19.2 Å². The second-order valence-corrected chi connectivity index (χ2v) is 2.81. The second-order valence-electron chi connectivity index (χ2n) is 2.81. The van der Waals surface area contributed by atoms with Gasteiger partial charge in [-0.1, -0.05) is 20.4 Å². The summed E-state index contributed by atoms with van der Waals surface area (Å²) in [5, 5.41) is 3.12. The van der Waals surface area contributed by atoms with Crippen molar-refractivity contribution in [1.82, 2.24) is 0 Å². The predicted octanol–water partition coefficient (Wildman–Crippen LogP) is 0.981. The van der Waals surface area contributed by atoms with Crippen LogP contribution in [0.25, 0.3) is 4.85 Å². The first-order valence-corrected chi connectivity index (χ1v) is 4.36. The number of rotatable bonds is 3. The number of esters is 1. The van der Waals surface area contributed by atoms with E-state index in [9.17, 15) is 9.59 Å². The Labute approximate surface area is 87.7 Å². The molecule has 0 aliphatic carbocycles. The number of carbonyl (C=O) groups excluding carboxylic acids is 2. The number of hydrogen-bond donors (Lipinski definition) is 0. The second kappa shape index (κ2) is 6.54. The fourth-order valence-corrected chi connectivity index (χ4v) is 0.493. The third kappa shape index (κ3) is 4.76. The van der Waals surface area contributed by atoms with Crippen LogP contribution in [0.15, 0.2) is 5.16 Å². The highest BCUT2D eigenvalue weighted by Gasteiger charge is 2.17. The van der Waals surface area contributed by atoms with Crippen molar-refractivity contribution in [3.8, 4) is 0 Å². The number of oxime groups is 1. The highest BCUT2D eigenvalue weighted by Crippen LogP contribution is 1.97. The Bertz CT molecular complexity index is 315. The first-order chi connectivity index (χ1) is 7.02. The summed E-state index contributed by atoms with van der Waals surface area (Å²) < 4.78 is 4.51. The van der Waals surface area contributed by atoms with Crippen molar-refractivity contribution in [2.75, 3.05) is 6.61 Å². The Kier molecular flexibility index (Phi) is 5.71. The summed E-state index contributed by atoms with van der Waals surface area (Å²) in [5.74, 6) is -2.47. The maximum atomic E-state index is 11.0. The molecular weight excluding hydrogens is 200 g/mol. The van der Waals surface area contributed by atoms with Crippen LogP contribution in [-0.4, -0.2) is 24.4 Å². The molecule has 0 N–H and O–H groups in total. The van der Waals surface area contributed by atoms with Gasteiger partial charge in [-0.3, -0.25) is 4.79 Å². The lowest BCUT2D eigenvalue weighted by atomic mass is 10.2. The van der Waals surface area contributed by atoms with Crippen LogP contribution in [0.2, 0.25) is 0 Å². The van der Waals surface area contributed by atoms with E-state index in [1.165, 1.54) is 0 Å².